The fourth-order valence-electron chi connectivity index (χ4n) is 1.90. The Balaban J connectivity index is 0.00000131. The molecule has 9 nitrogen and oxygen atoms in total. The molecule has 1 aromatic carbocycles. The van der Waals surface area contributed by atoms with Crippen molar-refractivity contribution in [3.63, 3.8) is 0 Å². The lowest BCUT2D eigenvalue weighted by atomic mass is 10.2. The van der Waals surface area contributed by atoms with Crippen LogP contribution in [0.15, 0.2) is 29.2 Å². The normalized spacial score (nSPS) is 12.4. The van der Waals surface area contributed by atoms with Gasteiger partial charge in [-0.1, -0.05) is 0 Å². The van der Waals surface area contributed by atoms with E-state index in [4.69, 9.17) is 9.47 Å². The van der Waals surface area contributed by atoms with Gasteiger partial charge in [-0.15, -0.1) is 0 Å². The van der Waals surface area contributed by atoms with Gasteiger partial charge in [0.1, 0.15) is 29.9 Å². The number of nitrogens with one attached hydrogen (secondary N) is 1. The van der Waals surface area contributed by atoms with E-state index in [2.05, 4.69) is 22.0 Å². The standard InChI is InChI=1S/C18H27NO4S2.CH4O4S/c1-18(2,3)23-17(21)19-15(11-12-24-4)16(20)22-13-7-9-14(10-8-13)25(5)6;1-5-6(2,3)4/h7-10,15H,11-12H2,1-6H3;1H3,(H,2,3,4). The number of amides is 1. The zero-order valence-electron chi connectivity index (χ0n) is 18.8. The van der Waals surface area contributed by atoms with Crippen molar-refractivity contribution in [1.29, 1.82) is 0 Å². The Labute approximate surface area is 191 Å². The summed E-state index contributed by atoms with van der Waals surface area (Å²) in [7, 11) is -3.45. The van der Waals surface area contributed by atoms with Crippen LogP contribution < -0.4 is 10.1 Å². The minimum absolute atomic E-state index is 0.153. The lowest BCUT2D eigenvalue weighted by Gasteiger charge is -2.22. The molecule has 1 atom stereocenters. The average molecular weight is 498 g/mol. The molecule has 0 aromatic heterocycles. The minimum atomic E-state index is -4.41. The first-order chi connectivity index (χ1) is 14.2. The van der Waals surface area contributed by atoms with Crippen molar-refractivity contribution in [3.05, 3.63) is 24.3 Å². The van der Waals surface area contributed by atoms with Gasteiger partial charge in [0.2, 0.25) is 10.4 Å². The number of esters is 1. The summed E-state index contributed by atoms with van der Waals surface area (Å²) in [5.41, 5.74) is -0.620. The molecule has 1 rings (SSSR count). The number of thioether (sulfide) groups is 1. The maximum Gasteiger partial charge on any atom is 0.408 e. The topological polar surface area (TPSA) is 131 Å². The smallest absolute Gasteiger partial charge is 0.408 e. The van der Waals surface area contributed by atoms with Crippen molar-refractivity contribution in [1.82, 2.24) is 5.32 Å². The van der Waals surface area contributed by atoms with Gasteiger partial charge in [0.25, 0.3) is 0 Å². The average Bonchev–Trinajstić information content (AvgIpc) is 2.64. The molecule has 0 aliphatic heterocycles. The summed E-state index contributed by atoms with van der Waals surface area (Å²) in [6, 6.07) is 6.71. The van der Waals surface area contributed by atoms with Gasteiger partial charge in [-0.05, 0) is 63.5 Å². The predicted octanol–water partition coefficient (Wildman–Crippen LogP) is 2.57. The zero-order valence-corrected chi connectivity index (χ0v) is 21.2. The molecule has 0 heterocycles. The van der Waals surface area contributed by atoms with Crippen LogP contribution in [-0.2, 0) is 35.0 Å². The van der Waals surface area contributed by atoms with Gasteiger partial charge >= 0.3 is 12.1 Å². The van der Waals surface area contributed by atoms with Crippen molar-refractivity contribution in [2.75, 3.05) is 31.6 Å². The highest BCUT2D eigenvalue weighted by Gasteiger charge is 2.25. The van der Waals surface area contributed by atoms with Crippen LogP contribution in [0.2, 0.25) is 0 Å². The largest absolute Gasteiger partial charge is 0.726 e. The van der Waals surface area contributed by atoms with Gasteiger partial charge in [-0.25, -0.2) is 18.0 Å². The fraction of sp³-hybridized carbons (Fsp3) is 0.579. The molecule has 0 aliphatic carbocycles. The van der Waals surface area contributed by atoms with Crippen molar-refractivity contribution in [2.24, 2.45) is 0 Å². The molecule has 0 saturated carbocycles. The van der Waals surface area contributed by atoms with Gasteiger partial charge in [0, 0.05) is 10.9 Å². The number of rotatable bonds is 8. The third kappa shape index (κ3) is 15.0. The molecule has 12 heteroatoms. The molecule has 0 bridgehead atoms. The summed E-state index contributed by atoms with van der Waals surface area (Å²) < 4.78 is 41.7. The predicted molar refractivity (Wildman–Crippen MR) is 122 cm³/mol. The van der Waals surface area contributed by atoms with Crippen molar-refractivity contribution in [3.8, 4) is 5.75 Å². The number of benzene rings is 1. The van der Waals surface area contributed by atoms with Crippen LogP contribution in [0.3, 0.4) is 0 Å². The highest BCUT2D eigenvalue weighted by molar-refractivity contribution is 7.98. The Morgan fingerprint density at radius 2 is 1.71 bits per heavy atom. The van der Waals surface area contributed by atoms with E-state index in [-0.39, 0.29) is 10.9 Å². The molecule has 1 N–H and O–H groups in total. The van der Waals surface area contributed by atoms with E-state index in [1.54, 1.807) is 44.7 Å². The molecule has 1 unspecified atom stereocenters. The summed E-state index contributed by atoms with van der Waals surface area (Å²) in [6.07, 6.45) is 6.06. The zero-order chi connectivity index (χ0) is 24.2. The van der Waals surface area contributed by atoms with Crippen molar-refractivity contribution >= 4 is 45.1 Å². The lowest BCUT2D eigenvalue weighted by Crippen LogP contribution is -2.45. The highest BCUT2D eigenvalue weighted by Crippen LogP contribution is 2.17. The van der Waals surface area contributed by atoms with Gasteiger partial charge in [0.15, 0.2) is 4.90 Å². The second-order valence-corrected chi connectivity index (χ2v) is 11.5. The van der Waals surface area contributed by atoms with Crippen LogP contribution in [0, 0.1) is 0 Å². The van der Waals surface area contributed by atoms with Gasteiger partial charge in [-0.2, -0.15) is 11.8 Å². The van der Waals surface area contributed by atoms with Gasteiger partial charge in [-0.3, -0.25) is 4.18 Å². The lowest BCUT2D eigenvalue weighted by molar-refractivity contribution is -0.136. The van der Waals surface area contributed by atoms with Crippen LogP contribution >= 0.6 is 11.8 Å². The SMILES string of the molecule is COS(=O)(=O)[O-].CSCCC(NC(=O)OC(C)(C)C)C(=O)Oc1ccc([S+](C)C)cc1. The van der Waals surface area contributed by atoms with E-state index in [0.29, 0.717) is 12.2 Å². The molecule has 0 radical (unpaired) electrons. The van der Waals surface area contributed by atoms with Gasteiger partial charge in [0.05, 0.1) is 7.11 Å². The number of carbonyl (C=O) groups is 2. The summed E-state index contributed by atoms with van der Waals surface area (Å²) >= 11 is 1.60. The maximum absolute atomic E-state index is 12.4. The third-order valence-electron chi connectivity index (χ3n) is 3.30. The Morgan fingerprint density at radius 1 is 1.19 bits per heavy atom. The van der Waals surface area contributed by atoms with Crippen LogP contribution in [0.4, 0.5) is 4.79 Å². The van der Waals surface area contributed by atoms with Crippen LogP contribution in [0.5, 0.6) is 5.75 Å². The quantitative estimate of drug-likeness (QED) is 0.189. The first kappa shape index (κ1) is 29.5. The van der Waals surface area contributed by atoms with Crippen molar-refractivity contribution < 1.29 is 36.2 Å². The van der Waals surface area contributed by atoms with E-state index < -0.39 is 34.1 Å². The van der Waals surface area contributed by atoms with Crippen molar-refractivity contribution in [2.45, 2.75) is 43.7 Å². The van der Waals surface area contributed by atoms with E-state index in [1.807, 2.05) is 18.4 Å². The Kier molecular flexibility index (Phi) is 13.2. The third-order valence-corrected chi connectivity index (χ3v) is 5.57. The molecule has 1 amide bonds. The van der Waals surface area contributed by atoms with Crippen LogP contribution in [0.1, 0.15) is 27.2 Å². The highest BCUT2D eigenvalue weighted by atomic mass is 32.3. The number of alkyl carbamates (subject to hydrolysis) is 1. The summed E-state index contributed by atoms with van der Waals surface area (Å²) in [5.74, 6) is 0.710. The van der Waals surface area contributed by atoms with E-state index in [9.17, 15) is 22.6 Å². The number of carbonyl (C=O) groups excluding carboxylic acids is 2. The second kappa shape index (κ2) is 13.8. The Bertz CT molecular complexity index is 789. The van der Waals surface area contributed by atoms with Gasteiger partial charge < -0.3 is 19.3 Å². The first-order valence-corrected chi connectivity index (χ1v) is 13.8. The molecule has 31 heavy (non-hydrogen) atoms. The first-order valence-electron chi connectivity index (χ1n) is 9.07. The van der Waals surface area contributed by atoms with Crippen LogP contribution in [-0.4, -0.2) is 68.3 Å². The molecular formula is C19H31NO8S3. The minimum Gasteiger partial charge on any atom is -0.726 e. The second-order valence-electron chi connectivity index (χ2n) is 7.26. The molecule has 178 valence electrons. The summed E-state index contributed by atoms with van der Waals surface area (Å²) in [5, 5.41) is 2.61. The molecule has 0 aliphatic rings. The molecule has 0 saturated heterocycles. The fourth-order valence-corrected chi connectivity index (χ4v) is 3.05. The Morgan fingerprint density at radius 3 is 2.10 bits per heavy atom. The summed E-state index contributed by atoms with van der Waals surface area (Å²) in [4.78, 5) is 25.6. The van der Waals surface area contributed by atoms with E-state index >= 15 is 0 Å². The maximum atomic E-state index is 12.4. The number of hydrogen-bond acceptors (Lipinski definition) is 9. The van der Waals surface area contributed by atoms with E-state index in [0.717, 1.165) is 12.9 Å². The number of ether oxygens (including phenoxy) is 2. The molecule has 0 spiro atoms. The Hall–Kier alpha value is -1.47. The van der Waals surface area contributed by atoms with Crippen LogP contribution in [0.25, 0.3) is 0 Å². The molecule has 0 fully saturated rings. The number of hydrogen-bond donors (Lipinski definition) is 1. The van der Waals surface area contributed by atoms with E-state index in [1.165, 1.54) is 4.90 Å². The monoisotopic (exact) mass is 497 g/mol. The summed E-state index contributed by atoms with van der Waals surface area (Å²) in [6.45, 7) is 5.33. The molecule has 1 aromatic rings. The molecular weight excluding hydrogens is 466 g/mol.